The maximum Gasteiger partial charge on any atom is 0 e. The minimum Gasteiger partial charge on any atom is 0 e. The molecule has 12 heteroatoms. The summed E-state index contributed by atoms with van der Waals surface area (Å²) in [6.07, 6.45) is 3.10. The van der Waals surface area contributed by atoms with E-state index in [9.17, 15) is 4.79 Å². The summed E-state index contributed by atoms with van der Waals surface area (Å²) in [7, 11) is 0. The summed E-state index contributed by atoms with van der Waals surface area (Å²) >= 11 is 4.55. The van der Waals surface area contributed by atoms with Crippen LogP contribution >= 0.6 is 0 Å². The number of nitrogens with zero attached hydrogens (tertiary/aromatic N) is 1. The van der Waals surface area contributed by atoms with Crippen LogP contribution in [0.2, 0.25) is 0 Å². The van der Waals surface area contributed by atoms with E-state index < -0.39 is 0 Å². The maximum absolute atomic E-state index is 11.3. The first-order valence-corrected chi connectivity index (χ1v) is 10.0. The monoisotopic (exact) mass is 621 g/mol. The van der Waals surface area contributed by atoms with E-state index in [1.54, 1.807) is 0 Å². The van der Waals surface area contributed by atoms with Crippen LogP contribution in [0.15, 0.2) is 60.7 Å². The second-order valence-corrected chi connectivity index (χ2v) is 6.08. The molecular formula is C26H23Fe2NO8S-2. The summed E-state index contributed by atoms with van der Waals surface area (Å²) in [5.41, 5.74) is 2.01. The zero-order valence-electron chi connectivity index (χ0n) is 20.2. The van der Waals surface area contributed by atoms with Gasteiger partial charge < -0.3 is 17.4 Å². The van der Waals surface area contributed by atoms with E-state index in [2.05, 4.69) is 65.7 Å². The van der Waals surface area contributed by atoms with E-state index >= 15 is 0 Å². The van der Waals surface area contributed by atoms with Gasteiger partial charge in [0.2, 0.25) is 0 Å². The molecule has 0 spiro atoms. The molecule has 0 radical (unpaired) electrons. The molecule has 0 aromatic heterocycles. The molecule has 0 unspecified atom stereocenters. The molecule has 3 rings (SSSR count). The van der Waals surface area contributed by atoms with Gasteiger partial charge >= 0.3 is 67.8 Å². The van der Waals surface area contributed by atoms with Gasteiger partial charge in [-0.1, -0.05) is 67.8 Å². The predicted octanol–water partition coefficient (Wildman–Crippen LogP) is 4.01. The smallest absolute Gasteiger partial charge is 0 e. The Kier molecular flexibility index (Phi) is 61.4. The second-order valence-electron chi connectivity index (χ2n) is 5.68. The van der Waals surface area contributed by atoms with Crippen LogP contribution in [0.5, 0.6) is 0 Å². The van der Waals surface area contributed by atoms with Crippen LogP contribution in [-0.4, -0.2) is 18.1 Å². The summed E-state index contributed by atoms with van der Waals surface area (Å²) in [4.78, 5) is 17.2. The summed E-state index contributed by atoms with van der Waals surface area (Å²) in [6, 6.07) is 19.7. The fourth-order valence-corrected chi connectivity index (χ4v) is 2.66. The number of anilines is 1. The zero-order valence-corrected chi connectivity index (χ0v) is 23.3. The van der Waals surface area contributed by atoms with Gasteiger partial charge in [0, 0.05) is 34.1 Å². The summed E-state index contributed by atoms with van der Waals surface area (Å²) in [5, 5.41) is 1.83. The Bertz CT molecular complexity index is 826. The first-order chi connectivity index (χ1) is 17.7. The number of para-hydroxylation sites is 1. The average molecular weight is 621 g/mol. The molecule has 0 N–H and O–H groups in total. The number of benzene rings is 2. The van der Waals surface area contributed by atoms with Crippen LogP contribution in [0.1, 0.15) is 31.9 Å². The minimum atomic E-state index is -0.294. The van der Waals surface area contributed by atoms with E-state index in [1.165, 1.54) is 0 Å². The Labute approximate surface area is 250 Å². The van der Waals surface area contributed by atoms with Gasteiger partial charge in [-0.2, -0.15) is 5.75 Å². The molecule has 0 saturated carbocycles. The molecule has 1 saturated heterocycles. The molecule has 3 atom stereocenters. The maximum atomic E-state index is 11.3. The van der Waals surface area contributed by atoms with Gasteiger partial charge in [0.25, 0.3) is 0 Å². The van der Waals surface area contributed by atoms with Gasteiger partial charge in [-0.15, -0.1) is 0 Å². The summed E-state index contributed by atoms with van der Waals surface area (Å²) in [6.45, 7) is 31.0. The number of carbonyl (C=O) groups excluding carboxylic acids is 1. The molecule has 0 amide bonds. The van der Waals surface area contributed by atoms with Gasteiger partial charge in [-0.25, -0.2) is 5.06 Å². The van der Waals surface area contributed by atoms with Gasteiger partial charge in [0.1, 0.15) is 0 Å². The van der Waals surface area contributed by atoms with Gasteiger partial charge in [0.15, 0.2) is 0 Å². The van der Waals surface area contributed by atoms with Crippen LogP contribution < -0.4 is 5.06 Å². The topological polar surface area (TPSA) is 149 Å². The Hall–Kier alpha value is -2.30. The summed E-state index contributed by atoms with van der Waals surface area (Å²) in [5.74, 6) is 0.609. The molecule has 2 aromatic rings. The molecule has 0 aliphatic carbocycles. The number of hydrogen-bond donors (Lipinski definition) is 0. The SMILES string of the molecule is CCC[S-].C[C@@H]1ON(c2ccccc2)[C@H](c2ccccc2)[C@H]1[C-]=O.[C-]#[O+].[C-]#[O+].[C-]#[O+].[C-]#[O+].[C-]#[O+].[C-]#[O+].[Fe].[Fe]. The van der Waals surface area contributed by atoms with Crippen molar-refractivity contribution in [2.24, 2.45) is 5.92 Å². The number of hydrogen-bond acceptors (Lipinski definition) is 4. The number of hydroxylamine groups is 1. The predicted molar refractivity (Wildman–Crippen MR) is 124 cm³/mol. The molecular weight excluding hydrogens is 598 g/mol. The van der Waals surface area contributed by atoms with Crippen molar-refractivity contribution in [2.75, 3.05) is 10.8 Å². The van der Waals surface area contributed by atoms with E-state index in [0.29, 0.717) is 0 Å². The van der Waals surface area contributed by atoms with E-state index in [0.717, 1.165) is 23.4 Å². The van der Waals surface area contributed by atoms with Crippen molar-refractivity contribution in [1.82, 2.24) is 0 Å². The van der Waals surface area contributed by atoms with Gasteiger partial charge in [-0.3, -0.25) is 11.1 Å². The van der Waals surface area contributed by atoms with Crippen molar-refractivity contribution in [1.29, 1.82) is 0 Å². The van der Waals surface area contributed by atoms with Crippen molar-refractivity contribution in [3.05, 3.63) is 106 Å². The van der Waals surface area contributed by atoms with Crippen molar-refractivity contribution in [3.8, 4) is 0 Å². The Balaban J connectivity index is -0.0000000916. The van der Waals surface area contributed by atoms with Crippen molar-refractivity contribution in [2.45, 2.75) is 32.4 Å². The molecule has 2 aromatic carbocycles. The van der Waals surface area contributed by atoms with Crippen molar-refractivity contribution < 1.29 is 71.7 Å². The van der Waals surface area contributed by atoms with Crippen LogP contribution in [0.3, 0.4) is 0 Å². The van der Waals surface area contributed by atoms with Gasteiger partial charge in [-0.05, 0) is 24.6 Å². The normalized spacial score (nSPS) is 14.6. The third kappa shape index (κ3) is 21.8. The van der Waals surface area contributed by atoms with Crippen LogP contribution in [-0.2, 0) is 84.3 Å². The van der Waals surface area contributed by atoms with E-state index in [4.69, 9.17) is 32.8 Å². The van der Waals surface area contributed by atoms with E-state index in [-0.39, 0.29) is 52.2 Å². The molecule has 1 fully saturated rings. The Morgan fingerprint density at radius 3 is 1.45 bits per heavy atom. The first-order valence-electron chi connectivity index (χ1n) is 9.47. The minimum absolute atomic E-state index is 0. The molecule has 1 aliphatic heterocycles. The van der Waals surface area contributed by atoms with Gasteiger partial charge in [0.05, 0.1) is 17.8 Å². The number of rotatable bonds is 4. The largest absolute Gasteiger partial charge is 0 e. The quantitative estimate of drug-likeness (QED) is 0.220. The third-order valence-electron chi connectivity index (χ3n) is 3.87. The van der Waals surface area contributed by atoms with Crippen molar-refractivity contribution >= 4 is 24.6 Å². The molecule has 1 aliphatic rings. The standard InChI is InChI=1S/C17H16NO2.C3H8S.6CO.2Fe/c1-13-16(12-19)17(14-8-4-2-5-9-14)18(20-13)15-10-6-3-7-11-15;1-2-3-4;6*1-2;;/h2-11,13,16-17H,1H3;4H,2-3H2,1H3;;;;;;;;/q-1;;;;;;;;;/p-1/t13-,16-,17+;;;;;;;;;/m0........./s1. The Morgan fingerprint density at radius 1 is 0.789 bits per heavy atom. The van der Waals surface area contributed by atoms with E-state index in [1.807, 2.05) is 72.7 Å². The molecule has 38 heavy (non-hydrogen) atoms. The Morgan fingerprint density at radius 2 is 1.13 bits per heavy atom. The molecule has 204 valence electrons. The van der Waals surface area contributed by atoms with Crippen molar-refractivity contribution in [3.63, 3.8) is 0 Å². The molecule has 1 heterocycles. The fourth-order valence-electron chi connectivity index (χ4n) is 2.66. The zero-order chi connectivity index (χ0) is 29.4. The third-order valence-corrected chi connectivity index (χ3v) is 4.28. The fraction of sp³-hybridized carbons (Fsp3) is 0.269. The van der Waals surface area contributed by atoms with Crippen LogP contribution in [0, 0.1) is 45.8 Å². The van der Waals surface area contributed by atoms with Crippen LogP contribution in [0.4, 0.5) is 5.69 Å². The molecule has 0 bridgehead atoms. The molecule has 9 nitrogen and oxygen atoms in total. The summed E-state index contributed by atoms with van der Waals surface area (Å²) < 4.78 is 45.0. The second kappa shape index (κ2) is 44.7. The first kappa shape index (κ1) is 52.2. The van der Waals surface area contributed by atoms with Crippen LogP contribution in [0.25, 0.3) is 0 Å². The average Bonchev–Trinajstić information content (AvgIpc) is 3.36.